The van der Waals surface area contributed by atoms with Crippen LogP contribution in [0.1, 0.15) is 5.56 Å². The minimum atomic E-state index is -3.65. The van der Waals surface area contributed by atoms with Gasteiger partial charge in [-0.15, -0.1) is 0 Å². The van der Waals surface area contributed by atoms with Gasteiger partial charge in [0.15, 0.2) is 0 Å². The van der Waals surface area contributed by atoms with Gasteiger partial charge in [-0.05, 0) is 24.7 Å². The van der Waals surface area contributed by atoms with E-state index in [4.69, 9.17) is 22.1 Å². The highest BCUT2D eigenvalue weighted by Crippen LogP contribution is 2.22. The van der Waals surface area contributed by atoms with Gasteiger partial charge in [0.2, 0.25) is 10.0 Å². The Morgan fingerprint density at radius 2 is 2.29 bits per heavy atom. The number of sulfonamides is 1. The Labute approximate surface area is 130 Å². The van der Waals surface area contributed by atoms with Gasteiger partial charge in [0, 0.05) is 26.2 Å². The van der Waals surface area contributed by atoms with Crippen LogP contribution in [0.2, 0.25) is 5.02 Å². The highest BCUT2D eigenvalue weighted by Gasteiger charge is 2.22. The zero-order valence-corrected chi connectivity index (χ0v) is 13.5. The molecule has 21 heavy (non-hydrogen) atoms. The molecule has 1 aliphatic rings. The van der Waals surface area contributed by atoms with Crippen molar-refractivity contribution in [3.05, 3.63) is 28.8 Å². The highest BCUT2D eigenvalue weighted by atomic mass is 35.5. The standard InChI is InChI=1S/C13H20ClN3O3S/c1-17-4-5-20-11(9-17)8-16-21(18,19)13-3-2-10(7-15)6-12(13)14/h2-3,6,11,16H,4-5,7-9,15H2,1H3. The van der Waals surface area contributed by atoms with E-state index in [1.54, 1.807) is 12.1 Å². The number of ether oxygens (including phenoxy) is 1. The minimum absolute atomic E-state index is 0.0607. The van der Waals surface area contributed by atoms with Gasteiger partial charge in [0.1, 0.15) is 4.90 Å². The summed E-state index contributed by atoms with van der Waals surface area (Å²) in [6.07, 6.45) is -0.152. The first-order valence-electron chi connectivity index (χ1n) is 6.70. The van der Waals surface area contributed by atoms with E-state index in [2.05, 4.69) is 9.62 Å². The quantitative estimate of drug-likeness (QED) is 0.815. The lowest BCUT2D eigenvalue weighted by Gasteiger charge is -2.30. The molecule has 0 aromatic heterocycles. The van der Waals surface area contributed by atoms with Gasteiger partial charge in [0.05, 0.1) is 17.7 Å². The lowest BCUT2D eigenvalue weighted by atomic mass is 10.2. The second kappa shape index (κ2) is 7.04. The molecule has 118 valence electrons. The molecule has 2 rings (SSSR count). The van der Waals surface area contributed by atoms with Crippen molar-refractivity contribution in [3.8, 4) is 0 Å². The Bertz CT molecular complexity index is 594. The predicted molar refractivity (Wildman–Crippen MR) is 81.8 cm³/mol. The van der Waals surface area contributed by atoms with Crippen LogP contribution >= 0.6 is 11.6 Å². The fourth-order valence-corrected chi connectivity index (χ4v) is 3.79. The van der Waals surface area contributed by atoms with Crippen molar-refractivity contribution in [2.75, 3.05) is 33.3 Å². The smallest absolute Gasteiger partial charge is 0.242 e. The van der Waals surface area contributed by atoms with Crippen LogP contribution in [0.15, 0.2) is 23.1 Å². The molecular formula is C13H20ClN3O3S. The van der Waals surface area contributed by atoms with Gasteiger partial charge >= 0.3 is 0 Å². The number of nitrogens with zero attached hydrogens (tertiary/aromatic N) is 1. The van der Waals surface area contributed by atoms with E-state index in [1.807, 2.05) is 7.05 Å². The van der Waals surface area contributed by atoms with Crippen molar-refractivity contribution < 1.29 is 13.2 Å². The van der Waals surface area contributed by atoms with E-state index < -0.39 is 10.0 Å². The second-order valence-corrected chi connectivity index (χ2v) is 7.22. The van der Waals surface area contributed by atoms with Gasteiger partial charge in [-0.1, -0.05) is 17.7 Å². The number of hydrogen-bond donors (Lipinski definition) is 2. The Balaban J connectivity index is 2.04. The van der Waals surface area contributed by atoms with Crippen molar-refractivity contribution in [1.82, 2.24) is 9.62 Å². The van der Waals surface area contributed by atoms with Gasteiger partial charge in [-0.25, -0.2) is 13.1 Å². The van der Waals surface area contributed by atoms with Crippen molar-refractivity contribution in [2.45, 2.75) is 17.5 Å². The summed E-state index contributed by atoms with van der Waals surface area (Å²) in [5.41, 5.74) is 6.29. The molecule has 1 unspecified atom stereocenters. The summed E-state index contributed by atoms with van der Waals surface area (Å²) < 4.78 is 32.6. The number of hydrogen-bond acceptors (Lipinski definition) is 5. The van der Waals surface area contributed by atoms with Crippen LogP contribution in [0.5, 0.6) is 0 Å². The zero-order chi connectivity index (χ0) is 15.5. The van der Waals surface area contributed by atoms with Crippen LogP contribution < -0.4 is 10.5 Å². The Morgan fingerprint density at radius 3 is 2.90 bits per heavy atom. The Kier molecular flexibility index (Phi) is 5.59. The average Bonchev–Trinajstić information content (AvgIpc) is 2.45. The molecular weight excluding hydrogens is 314 g/mol. The summed E-state index contributed by atoms with van der Waals surface area (Å²) in [7, 11) is -1.68. The molecule has 1 fully saturated rings. The molecule has 0 bridgehead atoms. The number of rotatable bonds is 5. The molecule has 0 aliphatic carbocycles. The third kappa shape index (κ3) is 4.38. The minimum Gasteiger partial charge on any atom is -0.374 e. The summed E-state index contributed by atoms with van der Waals surface area (Å²) in [6, 6.07) is 4.70. The Morgan fingerprint density at radius 1 is 1.52 bits per heavy atom. The summed E-state index contributed by atoms with van der Waals surface area (Å²) in [5, 5.41) is 0.173. The molecule has 0 saturated carbocycles. The van der Waals surface area contributed by atoms with Gasteiger partial charge in [-0.3, -0.25) is 0 Å². The molecule has 1 aromatic rings. The maximum Gasteiger partial charge on any atom is 0.242 e. The van der Waals surface area contributed by atoms with Crippen LogP contribution in [0.25, 0.3) is 0 Å². The maximum absolute atomic E-state index is 12.3. The largest absolute Gasteiger partial charge is 0.374 e. The number of benzene rings is 1. The molecule has 0 spiro atoms. The monoisotopic (exact) mass is 333 g/mol. The molecule has 1 aliphatic heterocycles. The number of likely N-dealkylation sites (N-methyl/N-ethyl adjacent to an activating group) is 1. The van der Waals surface area contributed by atoms with Crippen LogP contribution in [-0.2, 0) is 21.3 Å². The SMILES string of the molecule is CN1CCOC(CNS(=O)(=O)c2ccc(CN)cc2Cl)C1. The van der Waals surface area contributed by atoms with E-state index >= 15 is 0 Å². The summed E-state index contributed by atoms with van der Waals surface area (Å²) in [5.74, 6) is 0. The molecule has 8 heteroatoms. The van der Waals surface area contributed by atoms with Crippen LogP contribution in [0, 0.1) is 0 Å². The first kappa shape index (κ1) is 16.7. The molecule has 1 heterocycles. The van der Waals surface area contributed by atoms with Gasteiger partial charge in [-0.2, -0.15) is 0 Å². The number of halogens is 1. The molecule has 1 atom stereocenters. The maximum atomic E-state index is 12.3. The first-order chi connectivity index (χ1) is 9.92. The highest BCUT2D eigenvalue weighted by molar-refractivity contribution is 7.89. The predicted octanol–water partition coefficient (Wildman–Crippen LogP) is 0.408. The summed E-state index contributed by atoms with van der Waals surface area (Å²) >= 11 is 6.02. The zero-order valence-electron chi connectivity index (χ0n) is 11.9. The molecule has 6 nitrogen and oxygen atoms in total. The fraction of sp³-hybridized carbons (Fsp3) is 0.538. The average molecular weight is 334 g/mol. The van der Waals surface area contributed by atoms with Gasteiger partial charge in [0.25, 0.3) is 0 Å². The van der Waals surface area contributed by atoms with Crippen molar-refractivity contribution in [3.63, 3.8) is 0 Å². The molecule has 0 radical (unpaired) electrons. The van der Waals surface area contributed by atoms with E-state index in [9.17, 15) is 8.42 Å². The normalized spacial score (nSPS) is 20.6. The topological polar surface area (TPSA) is 84.7 Å². The number of nitrogens with one attached hydrogen (secondary N) is 1. The summed E-state index contributed by atoms with van der Waals surface area (Å²) in [6.45, 7) is 2.70. The van der Waals surface area contributed by atoms with Crippen LogP contribution in [-0.4, -0.2) is 52.7 Å². The number of morpholine rings is 1. The van der Waals surface area contributed by atoms with Crippen LogP contribution in [0.4, 0.5) is 0 Å². The van der Waals surface area contributed by atoms with Crippen molar-refractivity contribution >= 4 is 21.6 Å². The molecule has 3 N–H and O–H groups in total. The first-order valence-corrected chi connectivity index (χ1v) is 8.57. The third-order valence-electron chi connectivity index (χ3n) is 3.36. The number of nitrogens with two attached hydrogens (primary N) is 1. The van der Waals surface area contributed by atoms with E-state index in [-0.39, 0.29) is 22.6 Å². The Hall–Kier alpha value is -0.700. The molecule has 1 saturated heterocycles. The second-order valence-electron chi connectivity index (χ2n) is 5.08. The van der Waals surface area contributed by atoms with Crippen molar-refractivity contribution in [1.29, 1.82) is 0 Å². The van der Waals surface area contributed by atoms with E-state index in [0.29, 0.717) is 19.7 Å². The van der Waals surface area contributed by atoms with E-state index in [1.165, 1.54) is 6.07 Å². The third-order valence-corrected chi connectivity index (χ3v) is 5.27. The summed E-state index contributed by atoms with van der Waals surface area (Å²) in [4.78, 5) is 2.16. The van der Waals surface area contributed by atoms with Gasteiger partial charge < -0.3 is 15.4 Å². The molecule has 0 amide bonds. The lowest BCUT2D eigenvalue weighted by molar-refractivity contribution is -0.0156. The fourth-order valence-electron chi connectivity index (χ4n) is 2.16. The van der Waals surface area contributed by atoms with E-state index in [0.717, 1.165) is 12.1 Å². The van der Waals surface area contributed by atoms with Crippen molar-refractivity contribution in [2.24, 2.45) is 5.73 Å². The lowest BCUT2D eigenvalue weighted by Crippen LogP contribution is -2.45. The van der Waals surface area contributed by atoms with Crippen LogP contribution in [0.3, 0.4) is 0 Å². The molecule has 1 aromatic carbocycles.